The number of aliphatic imine (C=N–C) groups is 1. The molecule has 0 amide bonds. The van der Waals surface area contributed by atoms with Crippen molar-refractivity contribution in [2.75, 3.05) is 6.54 Å². The summed E-state index contributed by atoms with van der Waals surface area (Å²) >= 11 is 0. The minimum Gasteiger partial charge on any atom is -0.457 e. The van der Waals surface area contributed by atoms with Crippen molar-refractivity contribution in [3.63, 3.8) is 0 Å². The molecule has 24 heavy (non-hydrogen) atoms. The summed E-state index contributed by atoms with van der Waals surface area (Å²) in [7, 11) is 0. The molecule has 0 fully saturated rings. The van der Waals surface area contributed by atoms with Crippen molar-refractivity contribution >= 4 is 47.6 Å². The van der Waals surface area contributed by atoms with Crippen LogP contribution in [0.2, 0.25) is 0 Å². The average molecular weight is 361 g/mol. The van der Waals surface area contributed by atoms with Gasteiger partial charge in [0.2, 0.25) is 0 Å². The fraction of sp³-hybridized carbons (Fsp3) is 0.158. The van der Waals surface area contributed by atoms with Crippen molar-refractivity contribution in [3.05, 3.63) is 71.8 Å². The highest BCUT2D eigenvalue weighted by molar-refractivity contribution is 6.15. The number of allylic oxidation sites excluding steroid dienone is 1. The molecule has 0 atom stereocenters. The molecule has 0 radical (unpaired) electrons. The predicted octanol–water partition coefficient (Wildman–Crippen LogP) is 5.34. The number of para-hydroxylation sites is 1. The first-order chi connectivity index (χ1) is 10.9. The van der Waals surface area contributed by atoms with Crippen LogP contribution in [0, 0.1) is 0 Å². The van der Waals surface area contributed by atoms with E-state index in [1.165, 1.54) is 5.57 Å². The average Bonchev–Trinajstić information content (AvgIpc) is 2.98. The van der Waals surface area contributed by atoms with Crippen LogP contribution in [0.1, 0.15) is 24.2 Å². The monoisotopic (exact) mass is 360 g/mol. The van der Waals surface area contributed by atoms with Gasteiger partial charge in [0.15, 0.2) is 0 Å². The summed E-state index contributed by atoms with van der Waals surface area (Å²) in [6.45, 7) is 0.877. The van der Waals surface area contributed by atoms with Crippen LogP contribution >= 0.6 is 24.8 Å². The fourth-order valence-electron chi connectivity index (χ4n) is 2.85. The van der Waals surface area contributed by atoms with Gasteiger partial charge in [0.25, 0.3) is 0 Å². The van der Waals surface area contributed by atoms with Crippen molar-refractivity contribution in [3.8, 4) is 0 Å². The molecule has 0 unspecified atom stereocenters. The first-order valence-corrected chi connectivity index (χ1v) is 7.54. The molecule has 5 heteroatoms. The maximum Gasteiger partial charge on any atom is 0.134 e. The predicted molar refractivity (Wildman–Crippen MR) is 104 cm³/mol. The van der Waals surface area contributed by atoms with Crippen molar-refractivity contribution in [2.24, 2.45) is 4.99 Å². The molecule has 1 aromatic carbocycles. The van der Waals surface area contributed by atoms with E-state index in [1.807, 2.05) is 30.5 Å². The third-order valence-electron chi connectivity index (χ3n) is 3.87. The van der Waals surface area contributed by atoms with Crippen LogP contribution in [0.4, 0.5) is 0 Å². The highest BCUT2D eigenvalue weighted by Crippen LogP contribution is 2.25. The fourth-order valence-corrected chi connectivity index (χ4v) is 2.85. The molecule has 0 saturated carbocycles. The number of nitrogens with zero attached hydrogens (tertiary/aromatic N) is 2. The number of furan rings is 1. The van der Waals surface area contributed by atoms with Gasteiger partial charge < -0.3 is 4.42 Å². The zero-order valence-corrected chi connectivity index (χ0v) is 14.6. The minimum absolute atomic E-state index is 0. The van der Waals surface area contributed by atoms with Gasteiger partial charge in [-0.3, -0.25) is 9.98 Å². The maximum absolute atomic E-state index is 5.91. The number of halogens is 2. The summed E-state index contributed by atoms with van der Waals surface area (Å²) in [4.78, 5) is 8.90. The Morgan fingerprint density at radius 2 is 1.92 bits per heavy atom. The third-order valence-corrected chi connectivity index (χ3v) is 3.87. The Bertz CT molecular complexity index is 836. The molecule has 124 valence electrons. The molecule has 2 aromatic heterocycles. The lowest BCUT2D eigenvalue weighted by atomic mass is 9.96. The van der Waals surface area contributed by atoms with Crippen LogP contribution in [0.3, 0.4) is 0 Å². The van der Waals surface area contributed by atoms with Gasteiger partial charge >= 0.3 is 0 Å². The number of benzene rings is 1. The molecule has 0 bridgehead atoms. The minimum atomic E-state index is 0. The quantitative estimate of drug-likeness (QED) is 0.618. The van der Waals surface area contributed by atoms with E-state index in [0.717, 1.165) is 47.4 Å². The second kappa shape index (κ2) is 8.13. The summed E-state index contributed by atoms with van der Waals surface area (Å²) in [5.74, 6) is 0.884. The second-order valence-corrected chi connectivity index (χ2v) is 5.43. The Morgan fingerprint density at radius 1 is 1.04 bits per heavy atom. The standard InChI is InChI=1S/C19H16N2O.2ClH/c1-2-8-18-14(5-1)11-17(22-18)12-15-6-4-10-21-19(15)16-7-3-9-20-13-16;;/h1-3,5,7-9,11-13H,4,6,10H2;2*1H. The molecular weight excluding hydrogens is 343 g/mol. The largest absolute Gasteiger partial charge is 0.457 e. The number of pyridine rings is 1. The number of aromatic nitrogens is 1. The zero-order chi connectivity index (χ0) is 14.8. The molecule has 1 aliphatic heterocycles. The van der Waals surface area contributed by atoms with Gasteiger partial charge in [0.1, 0.15) is 11.3 Å². The lowest BCUT2D eigenvalue weighted by Gasteiger charge is -2.15. The van der Waals surface area contributed by atoms with Crippen LogP contribution in [-0.4, -0.2) is 17.2 Å². The van der Waals surface area contributed by atoms with Gasteiger partial charge in [-0.05, 0) is 48.8 Å². The van der Waals surface area contributed by atoms with Crippen LogP contribution in [0.25, 0.3) is 17.0 Å². The Hall–Kier alpha value is -2.10. The SMILES string of the molecule is C(=C1CCCN=C1c1cccnc1)c1cc2ccccc2o1.Cl.Cl. The van der Waals surface area contributed by atoms with E-state index in [9.17, 15) is 0 Å². The van der Waals surface area contributed by atoms with Crippen molar-refractivity contribution < 1.29 is 4.42 Å². The highest BCUT2D eigenvalue weighted by Gasteiger charge is 2.15. The van der Waals surface area contributed by atoms with Gasteiger partial charge in [-0.15, -0.1) is 24.8 Å². The zero-order valence-electron chi connectivity index (χ0n) is 13.0. The van der Waals surface area contributed by atoms with E-state index in [4.69, 9.17) is 9.41 Å². The molecule has 3 aromatic rings. The lowest BCUT2D eigenvalue weighted by Crippen LogP contribution is -2.11. The molecule has 4 rings (SSSR count). The second-order valence-electron chi connectivity index (χ2n) is 5.43. The van der Waals surface area contributed by atoms with E-state index in [2.05, 4.69) is 29.3 Å². The summed E-state index contributed by atoms with van der Waals surface area (Å²) in [6.07, 6.45) is 7.87. The van der Waals surface area contributed by atoms with Gasteiger partial charge in [0, 0.05) is 29.9 Å². The Labute approximate surface area is 153 Å². The van der Waals surface area contributed by atoms with Crippen molar-refractivity contribution in [1.29, 1.82) is 0 Å². The maximum atomic E-state index is 5.91. The van der Waals surface area contributed by atoms with Gasteiger partial charge in [0.05, 0.1) is 5.71 Å². The molecule has 0 N–H and O–H groups in total. The van der Waals surface area contributed by atoms with Gasteiger partial charge in [-0.25, -0.2) is 0 Å². The molecule has 1 aliphatic rings. The Balaban J connectivity index is 0.00000104. The van der Waals surface area contributed by atoms with Crippen molar-refractivity contribution in [2.45, 2.75) is 12.8 Å². The van der Waals surface area contributed by atoms with E-state index in [0.29, 0.717) is 0 Å². The number of rotatable bonds is 2. The molecule has 3 nitrogen and oxygen atoms in total. The molecule has 0 saturated heterocycles. The molecular formula is C19H18Cl2N2O. The molecule has 3 heterocycles. The molecule has 0 spiro atoms. The van der Waals surface area contributed by atoms with Gasteiger partial charge in [-0.1, -0.05) is 18.2 Å². The van der Waals surface area contributed by atoms with Crippen molar-refractivity contribution in [1.82, 2.24) is 4.98 Å². The first-order valence-electron chi connectivity index (χ1n) is 7.54. The summed E-state index contributed by atoms with van der Waals surface area (Å²) in [6, 6.07) is 14.2. The van der Waals surface area contributed by atoms with Crippen LogP contribution in [-0.2, 0) is 0 Å². The van der Waals surface area contributed by atoms with Crippen LogP contribution in [0.15, 0.2) is 69.8 Å². The Kier molecular flexibility index (Phi) is 6.18. The van der Waals surface area contributed by atoms with E-state index in [1.54, 1.807) is 6.20 Å². The van der Waals surface area contributed by atoms with E-state index in [-0.39, 0.29) is 24.8 Å². The summed E-state index contributed by atoms with van der Waals surface area (Å²) in [5.41, 5.74) is 4.26. The summed E-state index contributed by atoms with van der Waals surface area (Å²) in [5, 5.41) is 1.13. The number of hydrogen-bond acceptors (Lipinski definition) is 3. The highest BCUT2D eigenvalue weighted by atomic mass is 35.5. The van der Waals surface area contributed by atoms with Crippen LogP contribution in [0.5, 0.6) is 0 Å². The topological polar surface area (TPSA) is 38.4 Å². The lowest BCUT2D eigenvalue weighted by molar-refractivity contribution is 0.603. The van der Waals surface area contributed by atoms with E-state index < -0.39 is 0 Å². The summed E-state index contributed by atoms with van der Waals surface area (Å²) < 4.78 is 5.91. The first kappa shape index (κ1) is 18.2. The smallest absolute Gasteiger partial charge is 0.134 e. The van der Waals surface area contributed by atoms with E-state index >= 15 is 0 Å². The normalized spacial score (nSPS) is 15.5. The number of hydrogen-bond donors (Lipinski definition) is 0. The van der Waals surface area contributed by atoms with Gasteiger partial charge in [-0.2, -0.15) is 0 Å². The third kappa shape index (κ3) is 3.69. The van der Waals surface area contributed by atoms with Crippen LogP contribution < -0.4 is 0 Å². The Morgan fingerprint density at radius 3 is 2.71 bits per heavy atom. The molecule has 0 aliphatic carbocycles. The number of fused-ring (bicyclic) bond motifs is 1.